The van der Waals surface area contributed by atoms with Gasteiger partial charge < -0.3 is 15.2 Å². The molecule has 1 fully saturated rings. The monoisotopic (exact) mass is 439 g/mol. The van der Waals surface area contributed by atoms with Crippen LogP contribution in [-0.4, -0.2) is 64.6 Å². The highest BCUT2D eigenvalue weighted by Crippen LogP contribution is 2.28. The van der Waals surface area contributed by atoms with E-state index >= 15 is 0 Å². The molecule has 13 heteroatoms. The van der Waals surface area contributed by atoms with Gasteiger partial charge in [0.05, 0.1) is 0 Å². The molecule has 0 atom stereocenters. The summed E-state index contributed by atoms with van der Waals surface area (Å²) in [5.41, 5.74) is -5.27. The maximum atomic E-state index is 12.7. The van der Waals surface area contributed by atoms with Gasteiger partial charge in [0.15, 0.2) is 11.8 Å². The van der Waals surface area contributed by atoms with Crippen LogP contribution in [0, 0.1) is 6.92 Å². The van der Waals surface area contributed by atoms with E-state index in [0.29, 0.717) is 29.2 Å². The number of aryl methyl sites for hydroxylation is 1. The molecule has 1 aromatic rings. The van der Waals surface area contributed by atoms with Crippen molar-refractivity contribution in [2.24, 2.45) is 12.0 Å². The maximum Gasteiger partial charge on any atom is 0.511 e. The summed E-state index contributed by atoms with van der Waals surface area (Å²) in [7, 11) is -3.43. The zero-order valence-electron chi connectivity index (χ0n) is 16.8. The Labute approximate surface area is 168 Å². The molecule has 0 spiro atoms. The molecule has 9 nitrogen and oxygen atoms in total. The highest BCUT2D eigenvalue weighted by atomic mass is 32.2. The second-order valence-corrected chi connectivity index (χ2v) is 8.87. The highest BCUT2D eigenvalue weighted by molar-refractivity contribution is 7.90. The number of piperidine rings is 1. The molecule has 2 N–H and O–H groups in total. The van der Waals surface area contributed by atoms with Crippen LogP contribution in [-0.2, 0) is 23.6 Å². The average molecular weight is 440 g/mol. The number of guanidine groups is 1. The highest BCUT2D eigenvalue weighted by Gasteiger charge is 2.50. The van der Waals surface area contributed by atoms with Gasteiger partial charge >= 0.3 is 15.5 Å². The van der Waals surface area contributed by atoms with Crippen LogP contribution >= 0.6 is 0 Å². The number of unbranched alkanes of at least 4 members (excludes halogenated alkanes) is 1. The standard InChI is InChI=1S/C16H28F3N7O2S/c1-4-5-8-20-15(21-11-14-24-23-12(2)25(14)3)22-13-6-9-26(10-7-13)29(27,28)16(17,18)19/h13H,4-11H2,1-3H3,(H2,20,21,22). The minimum Gasteiger partial charge on any atom is -0.356 e. The summed E-state index contributed by atoms with van der Waals surface area (Å²) in [6.07, 6.45) is 2.45. The number of hydrogen-bond donors (Lipinski definition) is 2. The SMILES string of the molecule is CCCCNC(=NCc1nnc(C)n1C)NC1CCN(S(=O)(=O)C(F)(F)F)CC1. The first-order chi connectivity index (χ1) is 13.6. The van der Waals surface area contributed by atoms with Crippen LogP contribution in [0.25, 0.3) is 0 Å². The molecule has 2 heterocycles. The molecule has 1 aliphatic heterocycles. The van der Waals surface area contributed by atoms with Gasteiger partial charge in [-0.05, 0) is 26.2 Å². The first kappa shape index (κ1) is 23.4. The van der Waals surface area contributed by atoms with E-state index in [-0.39, 0.29) is 32.0 Å². The van der Waals surface area contributed by atoms with Crippen molar-refractivity contribution in [3.8, 4) is 0 Å². The van der Waals surface area contributed by atoms with Gasteiger partial charge in [-0.15, -0.1) is 10.2 Å². The molecule has 0 aliphatic carbocycles. The van der Waals surface area contributed by atoms with Crippen LogP contribution in [0.2, 0.25) is 0 Å². The second kappa shape index (κ2) is 9.74. The van der Waals surface area contributed by atoms with Gasteiger partial charge in [-0.3, -0.25) is 0 Å². The predicted molar refractivity (Wildman–Crippen MR) is 102 cm³/mol. The Hall–Kier alpha value is -1.89. The minimum absolute atomic E-state index is 0.177. The van der Waals surface area contributed by atoms with Crippen molar-refractivity contribution < 1.29 is 21.6 Å². The number of aliphatic imine (C=N–C) groups is 1. The Morgan fingerprint density at radius 3 is 2.45 bits per heavy atom. The van der Waals surface area contributed by atoms with Gasteiger partial charge in [-0.1, -0.05) is 13.3 Å². The van der Waals surface area contributed by atoms with Crippen molar-refractivity contribution in [1.82, 2.24) is 29.7 Å². The van der Waals surface area contributed by atoms with Crippen LogP contribution < -0.4 is 10.6 Å². The molecule has 1 aliphatic rings. The molecule has 1 saturated heterocycles. The predicted octanol–water partition coefficient (Wildman–Crippen LogP) is 1.27. The Kier molecular flexibility index (Phi) is 7.86. The quantitative estimate of drug-likeness (QED) is 0.377. The van der Waals surface area contributed by atoms with Crippen molar-refractivity contribution in [2.75, 3.05) is 19.6 Å². The lowest BCUT2D eigenvalue weighted by Gasteiger charge is -2.32. The molecule has 166 valence electrons. The molecule has 2 rings (SSSR count). The van der Waals surface area contributed by atoms with E-state index in [4.69, 9.17) is 0 Å². The van der Waals surface area contributed by atoms with E-state index in [1.54, 1.807) is 0 Å². The summed E-state index contributed by atoms with van der Waals surface area (Å²) in [6, 6.07) is -0.177. The van der Waals surface area contributed by atoms with Gasteiger partial charge in [-0.2, -0.15) is 17.5 Å². The third kappa shape index (κ3) is 6.04. The van der Waals surface area contributed by atoms with Crippen molar-refractivity contribution >= 4 is 16.0 Å². The molecule has 0 bridgehead atoms. The Balaban J connectivity index is 1.99. The number of nitrogens with one attached hydrogen (secondary N) is 2. The molecule has 0 radical (unpaired) electrons. The van der Waals surface area contributed by atoms with Crippen LogP contribution in [0.4, 0.5) is 13.2 Å². The Morgan fingerprint density at radius 1 is 1.28 bits per heavy atom. The lowest BCUT2D eigenvalue weighted by molar-refractivity contribution is -0.0494. The molecule has 29 heavy (non-hydrogen) atoms. The van der Waals surface area contributed by atoms with Crippen LogP contribution in [0.15, 0.2) is 4.99 Å². The summed E-state index contributed by atoms with van der Waals surface area (Å²) in [6.45, 7) is 4.50. The molecule has 0 amide bonds. The number of rotatable bonds is 7. The third-order valence-electron chi connectivity index (χ3n) is 4.81. The van der Waals surface area contributed by atoms with Crippen molar-refractivity contribution in [1.29, 1.82) is 0 Å². The fraction of sp³-hybridized carbons (Fsp3) is 0.812. The number of alkyl halides is 3. The largest absolute Gasteiger partial charge is 0.511 e. The molecular formula is C16H28F3N7O2S. The summed E-state index contributed by atoms with van der Waals surface area (Å²) in [5, 5.41) is 14.4. The Bertz CT molecular complexity index is 800. The fourth-order valence-corrected chi connectivity index (χ4v) is 3.84. The summed E-state index contributed by atoms with van der Waals surface area (Å²) < 4.78 is 63.5. The van der Waals surface area contributed by atoms with E-state index < -0.39 is 15.5 Å². The van der Waals surface area contributed by atoms with Crippen LogP contribution in [0.3, 0.4) is 0 Å². The van der Waals surface area contributed by atoms with Gasteiger partial charge in [0.25, 0.3) is 0 Å². The molecule has 0 saturated carbocycles. The lowest BCUT2D eigenvalue weighted by atomic mass is 10.1. The minimum atomic E-state index is -5.28. The van der Waals surface area contributed by atoms with Gasteiger partial charge in [0.1, 0.15) is 12.4 Å². The summed E-state index contributed by atoms with van der Waals surface area (Å²) >= 11 is 0. The summed E-state index contributed by atoms with van der Waals surface area (Å²) in [5.74, 6) is 1.98. The second-order valence-electron chi connectivity index (χ2n) is 6.94. The van der Waals surface area contributed by atoms with Crippen molar-refractivity contribution in [3.63, 3.8) is 0 Å². The lowest BCUT2D eigenvalue weighted by Crippen LogP contribution is -2.51. The van der Waals surface area contributed by atoms with Gasteiger partial charge in [0.2, 0.25) is 0 Å². The number of hydrogen-bond acceptors (Lipinski definition) is 5. The third-order valence-corrected chi connectivity index (χ3v) is 6.44. The van der Waals surface area contributed by atoms with E-state index in [0.717, 1.165) is 18.7 Å². The molecular weight excluding hydrogens is 411 g/mol. The molecule has 0 aromatic carbocycles. The maximum absolute atomic E-state index is 12.7. The topological polar surface area (TPSA) is 105 Å². The first-order valence-corrected chi connectivity index (χ1v) is 11.0. The normalized spacial score (nSPS) is 17.5. The number of sulfonamides is 1. The van der Waals surface area contributed by atoms with Gasteiger partial charge in [-0.25, -0.2) is 13.4 Å². The van der Waals surface area contributed by atoms with Crippen LogP contribution in [0.5, 0.6) is 0 Å². The zero-order chi connectivity index (χ0) is 21.7. The summed E-state index contributed by atoms with van der Waals surface area (Å²) in [4.78, 5) is 4.50. The fourth-order valence-electron chi connectivity index (χ4n) is 2.85. The average Bonchev–Trinajstić information content (AvgIpc) is 2.97. The zero-order valence-corrected chi connectivity index (χ0v) is 17.6. The Morgan fingerprint density at radius 2 is 1.93 bits per heavy atom. The van der Waals surface area contributed by atoms with E-state index in [2.05, 4.69) is 32.7 Å². The number of nitrogens with zero attached hydrogens (tertiary/aromatic N) is 5. The van der Waals surface area contributed by atoms with E-state index in [1.165, 1.54) is 0 Å². The van der Waals surface area contributed by atoms with Gasteiger partial charge in [0, 0.05) is 32.7 Å². The first-order valence-electron chi connectivity index (χ1n) is 9.52. The van der Waals surface area contributed by atoms with E-state index in [9.17, 15) is 21.6 Å². The number of aromatic nitrogens is 3. The van der Waals surface area contributed by atoms with E-state index in [1.807, 2.05) is 18.5 Å². The van der Waals surface area contributed by atoms with Crippen molar-refractivity contribution in [3.05, 3.63) is 11.6 Å². The molecule has 0 unspecified atom stereocenters. The smallest absolute Gasteiger partial charge is 0.356 e. The molecule has 1 aromatic heterocycles. The van der Waals surface area contributed by atoms with Crippen LogP contribution in [0.1, 0.15) is 44.3 Å². The number of halogens is 3. The van der Waals surface area contributed by atoms with Crippen molar-refractivity contribution in [2.45, 2.75) is 57.6 Å².